The number of carbonyl (C=O) groups excluding carboxylic acids is 1. The van der Waals surface area contributed by atoms with E-state index in [0.717, 1.165) is 24.8 Å². The number of hydrogen-bond donors (Lipinski definition) is 1. The Bertz CT molecular complexity index is 731. The molecule has 13 heteroatoms. The van der Waals surface area contributed by atoms with Gasteiger partial charge < -0.3 is 51.8 Å². The van der Waals surface area contributed by atoms with E-state index in [1.807, 2.05) is 51.1 Å². The fourth-order valence-electron chi connectivity index (χ4n) is 3.75. The maximum absolute atomic E-state index is 11.9. The second kappa shape index (κ2) is 29.1. The van der Waals surface area contributed by atoms with Crippen molar-refractivity contribution in [1.29, 1.82) is 0 Å². The summed E-state index contributed by atoms with van der Waals surface area (Å²) in [7, 11) is -2.61. The molecule has 0 unspecified atom stereocenters. The van der Waals surface area contributed by atoms with Gasteiger partial charge in [-0.25, -0.2) is 0 Å². The molecule has 0 aliphatic heterocycles. The highest BCUT2D eigenvalue weighted by atomic mass is 28.4. The lowest BCUT2D eigenvalue weighted by Crippen LogP contribution is -2.46. The molecular formula is C30H55NO11Si. The summed E-state index contributed by atoms with van der Waals surface area (Å²) in [6.45, 7) is 14.3. The molecular weight excluding hydrogens is 578 g/mol. The quantitative estimate of drug-likeness (QED) is 0.0713. The van der Waals surface area contributed by atoms with Crippen molar-refractivity contribution in [3.8, 4) is 5.75 Å². The number of nitrogens with one attached hydrogen (secondary N) is 1. The molecule has 1 aromatic rings. The third-order valence-electron chi connectivity index (χ3n) is 5.65. The Balaban J connectivity index is 1.79. The normalized spacial score (nSPS) is 11.6. The molecule has 250 valence electrons. The van der Waals surface area contributed by atoms with Crippen molar-refractivity contribution in [2.24, 2.45) is 0 Å². The summed E-state index contributed by atoms with van der Waals surface area (Å²) in [6.07, 6.45) is 1.15. The van der Waals surface area contributed by atoms with Gasteiger partial charge in [0.15, 0.2) is 0 Å². The van der Waals surface area contributed by atoms with Crippen LogP contribution < -0.4 is 10.1 Å². The van der Waals surface area contributed by atoms with E-state index in [2.05, 4.69) is 5.32 Å². The maximum Gasteiger partial charge on any atom is 0.500 e. The number of para-hydroxylation sites is 1. The summed E-state index contributed by atoms with van der Waals surface area (Å²) in [5.74, 6) is 0.584. The van der Waals surface area contributed by atoms with Gasteiger partial charge in [0.2, 0.25) is 0 Å². The summed E-state index contributed by atoms with van der Waals surface area (Å²) in [5, 5.41) is 3.26. The minimum atomic E-state index is -2.61. The van der Waals surface area contributed by atoms with E-state index in [1.54, 1.807) is 0 Å². The van der Waals surface area contributed by atoms with Crippen molar-refractivity contribution in [2.45, 2.75) is 39.7 Å². The fraction of sp³-hybridized carbons (Fsp3) is 0.767. The van der Waals surface area contributed by atoms with Gasteiger partial charge in [0.1, 0.15) is 19.0 Å². The third-order valence-corrected chi connectivity index (χ3v) is 8.80. The first-order chi connectivity index (χ1) is 21.2. The van der Waals surface area contributed by atoms with Gasteiger partial charge in [-0.15, -0.1) is 0 Å². The summed E-state index contributed by atoms with van der Waals surface area (Å²) in [4.78, 5) is 11.9. The molecule has 0 spiro atoms. The number of rotatable bonds is 32. The number of esters is 1. The van der Waals surface area contributed by atoms with Crippen LogP contribution in [0, 0.1) is 0 Å². The Morgan fingerprint density at radius 3 is 1.58 bits per heavy atom. The van der Waals surface area contributed by atoms with E-state index in [9.17, 15) is 4.79 Å². The number of carbonyl (C=O) groups is 1. The van der Waals surface area contributed by atoms with E-state index in [-0.39, 0.29) is 12.6 Å². The minimum absolute atomic E-state index is 0.222. The van der Waals surface area contributed by atoms with Crippen LogP contribution in [-0.4, -0.2) is 127 Å². The molecule has 0 aliphatic carbocycles. The average molecular weight is 634 g/mol. The summed E-state index contributed by atoms with van der Waals surface area (Å²) in [6, 6.07) is 10.4. The molecule has 0 aromatic heterocycles. The first-order valence-electron chi connectivity index (χ1n) is 15.5. The highest BCUT2D eigenvalue weighted by Crippen LogP contribution is 2.17. The first-order valence-corrected chi connectivity index (χ1v) is 17.4. The van der Waals surface area contributed by atoms with Crippen molar-refractivity contribution in [3.63, 3.8) is 0 Å². The van der Waals surface area contributed by atoms with E-state index < -0.39 is 8.80 Å². The van der Waals surface area contributed by atoms with E-state index in [0.29, 0.717) is 105 Å². The van der Waals surface area contributed by atoms with Gasteiger partial charge in [0.25, 0.3) is 0 Å². The molecule has 1 N–H and O–H groups in total. The van der Waals surface area contributed by atoms with Crippen molar-refractivity contribution < 1.29 is 51.2 Å². The SMILES string of the molecule is CCO[Si](CCCNCCC(=O)OCCOCCOCCOCCOCCOCCOc1ccccc1)(OCC)OCC. The lowest BCUT2D eigenvalue weighted by molar-refractivity contribution is -0.145. The standard InChI is InChI=1S/C30H55NO11Si/c1-4-40-43(41-5-2,42-6-3)28-10-14-31-15-13-30(32)39-27-25-37-23-21-35-19-17-33-16-18-34-20-22-36-24-26-38-29-11-8-7-9-12-29/h7-9,11-12,31H,4-6,10,13-28H2,1-3H3. The van der Waals surface area contributed by atoms with Crippen LogP contribution in [0.15, 0.2) is 30.3 Å². The molecule has 1 aromatic carbocycles. The molecule has 0 aliphatic rings. The van der Waals surface area contributed by atoms with Gasteiger partial charge in [0, 0.05) is 32.4 Å². The summed E-state index contributed by atoms with van der Waals surface area (Å²) >= 11 is 0. The summed E-state index contributed by atoms with van der Waals surface area (Å²) < 4.78 is 55.6. The molecule has 0 saturated heterocycles. The number of benzene rings is 1. The predicted octanol–water partition coefficient (Wildman–Crippen LogP) is 3.11. The van der Waals surface area contributed by atoms with Gasteiger partial charge in [-0.2, -0.15) is 0 Å². The van der Waals surface area contributed by atoms with Crippen molar-refractivity contribution in [2.75, 3.05) is 112 Å². The minimum Gasteiger partial charge on any atom is -0.491 e. The number of hydrogen-bond acceptors (Lipinski definition) is 12. The van der Waals surface area contributed by atoms with Crippen LogP contribution in [0.3, 0.4) is 0 Å². The van der Waals surface area contributed by atoms with E-state index >= 15 is 0 Å². The monoisotopic (exact) mass is 633 g/mol. The highest BCUT2D eigenvalue weighted by Gasteiger charge is 2.39. The second-order valence-corrected chi connectivity index (χ2v) is 11.8. The van der Waals surface area contributed by atoms with Crippen LogP contribution in [0.4, 0.5) is 0 Å². The van der Waals surface area contributed by atoms with Crippen LogP contribution in [-0.2, 0) is 46.5 Å². The van der Waals surface area contributed by atoms with Gasteiger partial charge >= 0.3 is 14.8 Å². The molecule has 0 amide bonds. The second-order valence-electron chi connectivity index (χ2n) is 9.03. The Kier molecular flexibility index (Phi) is 26.6. The molecule has 0 bridgehead atoms. The Labute approximate surface area is 259 Å². The topological polar surface area (TPSA) is 121 Å². The van der Waals surface area contributed by atoms with E-state index in [1.165, 1.54) is 0 Å². The fourth-order valence-corrected chi connectivity index (χ4v) is 6.36. The lowest BCUT2D eigenvalue weighted by Gasteiger charge is -2.28. The number of ether oxygens (including phenoxy) is 7. The van der Waals surface area contributed by atoms with Crippen molar-refractivity contribution >= 4 is 14.8 Å². The molecule has 0 atom stereocenters. The van der Waals surface area contributed by atoms with Gasteiger partial charge in [-0.1, -0.05) is 18.2 Å². The molecule has 0 fully saturated rings. The largest absolute Gasteiger partial charge is 0.500 e. The van der Waals surface area contributed by atoms with Crippen LogP contribution in [0.1, 0.15) is 33.6 Å². The molecule has 12 nitrogen and oxygen atoms in total. The van der Waals surface area contributed by atoms with Crippen LogP contribution in [0.25, 0.3) is 0 Å². The Hall–Kier alpha value is -1.65. The first kappa shape index (κ1) is 39.4. The van der Waals surface area contributed by atoms with Crippen molar-refractivity contribution in [3.05, 3.63) is 30.3 Å². The Morgan fingerprint density at radius 1 is 0.628 bits per heavy atom. The van der Waals surface area contributed by atoms with Crippen LogP contribution >= 0.6 is 0 Å². The van der Waals surface area contributed by atoms with Gasteiger partial charge in [-0.05, 0) is 45.9 Å². The van der Waals surface area contributed by atoms with Crippen LogP contribution in [0.2, 0.25) is 6.04 Å². The zero-order chi connectivity index (χ0) is 31.1. The molecule has 1 rings (SSSR count). The zero-order valence-electron chi connectivity index (χ0n) is 26.5. The summed E-state index contributed by atoms with van der Waals surface area (Å²) in [5.41, 5.74) is 0. The van der Waals surface area contributed by atoms with Crippen LogP contribution in [0.5, 0.6) is 5.75 Å². The Morgan fingerprint density at radius 2 is 1.09 bits per heavy atom. The smallest absolute Gasteiger partial charge is 0.491 e. The highest BCUT2D eigenvalue weighted by molar-refractivity contribution is 6.60. The van der Waals surface area contributed by atoms with E-state index in [4.69, 9.17) is 46.4 Å². The van der Waals surface area contributed by atoms with Gasteiger partial charge in [-0.3, -0.25) is 4.79 Å². The molecule has 0 saturated carbocycles. The molecule has 0 heterocycles. The zero-order valence-corrected chi connectivity index (χ0v) is 27.5. The lowest BCUT2D eigenvalue weighted by atomic mass is 10.3. The average Bonchev–Trinajstić information content (AvgIpc) is 3.01. The molecule has 0 radical (unpaired) electrons. The van der Waals surface area contributed by atoms with Crippen molar-refractivity contribution in [1.82, 2.24) is 5.32 Å². The molecule has 43 heavy (non-hydrogen) atoms. The third kappa shape index (κ3) is 23.4. The maximum atomic E-state index is 11.9. The predicted molar refractivity (Wildman–Crippen MR) is 165 cm³/mol. The van der Waals surface area contributed by atoms with Gasteiger partial charge in [0.05, 0.1) is 72.5 Å².